The zero-order valence-corrected chi connectivity index (χ0v) is 16.7. The average Bonchev–Trinajstić information content (AvgIpc) is 2.61. The molecule has 1 aromatic carbocycles. The highest BCUT2D eigenvalue weighted by molar-refractivity contribution is 8.00. The third kappa shape index (κ3) is 7.42. The highest BCUT2D eigenvalue weighted by Crippen LogP contribution is 2.25. The lowest BCUT2D eigenvalue weighted by atomic mass is 10.1. The number of nitrogens with one attached hydrogen (secondary N) is 4. The maximum Gasteiger partial charge on any atom is 0.234 e. The first-order valence-corrected chi connectivity index (χ1v) is 9.97. The van der Waals surface area contributed by atoms with Crippen molar-refractivity contribution in [2.24, 2.45) is 0 Å². The summed E-state index contributed by atoms with van der Waals surface area (Å²) in [5.41, 5.74) is 0.0791. The fraction of sp³-hybridized carbons (Fsp3) is 0.353. The van der Waals surface area contributed by atoms with Crippen molar-refractivity contribution in [3.05, 3.63) is 40.9 Å². The Kier molecular flexibility index (Phi) is 8.43. The number of thioether (sulfide) groups is 1. The smallest absolute Gasteiger partial charge is 0.234 e. The minimum absolute atomic E-state index is 0.105. The fourth-order valence-electron chi connectivity index (χ4n) is 2.38. The van der Waals surface area contributed by atoms with Crippen molar-refractivity contribution >= 4 is 58.4 Å². The van der Waals surface area contributed by atoms with Gasteiger partial charge in [-0.1, -0.05) is 29.3 Å². The predicted molar refractivity (Wildman–Crippen MR) is 109 cm³/mol. The van der Waals surface area contributed by atoms with Crippen LogP contribution < -0.4 is 21.3 Å². The molecule has 0 aliphatic carbocycles. The van der Waals surface area contributed by atoms with Gasteiger partial charge in [0.2, 0.25) is 17.7 Å². The first-order chi connectivity index (χ1) is 12.9. The Hall–Kier alpha value is -1.74. The molecule has 10 heteroatoms. The third-order valence-corrected chi connectivity index (χ3v) is 5.33. The maximum absolute atomic E-state index is 12.1. The molecule has 1 fully saturated rings. The van der Waals surface area contributed by atoms with Gasteiger partial charge in [-0.05, 0) is 18.2 Å². The molecule has 1 aliphatic heterocycles. The van der Waals surface area contributed by atoms with E-state index in [4.69, 9.17) is 23.2 Å². The lowest BCUT2D eigenvalue weighted by Gasteiger charge is -2.30. The Bertz CT molecular complexity index is 732. The highest BCUT2D eigenvalue weighted by Gasteiger charge is 2.27. The Labute approximate surface area is 171 Å². The van der Waals surface area contributed by atoms with E-state index in [0.29, 0.717) is 22.3 Å². The van der Waals surface area contributed by atoms with Crippen molar-refractivity contribution in [3.8, 4) is 0 Å². The highest BCUT2D eigenvalue weighted by atomic mass is 35.5. The first-order valence-electron chi connectivity index (χ1n) is 8.17. The predicted octanol–water partition coefficient (Wildman–Crippen LogP) is 2.12. The van der Waals surface area contributed by atoms with E-state index in [0.717, 1.165) is 0 Å². The number of amides is 3. The van der Waals surface area contributed by atoms with Crippen LogP contribution in [-0.4, -0.2) is 41.6 Å². The van der Waals surface area contributed by atoms with Gasteiger partial charge in [-0.25, -0.2) is 0 Å². The summed E-state index contributed by atoms with van der Waals surface area (Å²) in [7, 11) is 0. The quantitative estimate of drug-likeness (QED) is 0.473. The van der Waals surface area contributed by atoms with E-state index in [2.05, 4.69) is 27.8 Å². The number of hydrogen-bond acceptors (Lipinski definition) is 5. The molecule has 1 saturated heterocycles. The lowest BCUT2D eigenvalue weighted by Crippen LogP contribution is -2.56. The second-order valence-corrected chi connectivity index (χ2v) is 7.71. The van der Waals surface area contributed by atoms with Crippen LogP contribution in [0.15, 0.2) is 30.9 Å². The second kappa shape index (κ2) is 10.6. The van der Waals surface area contributed by atoms with Crippen molar-refractivity contribution < 1.29 is 14.4 Å². The molecule has 7 nitrogen and oxygen atoms in total. The lowest BCUT2D eigenvalue weighted by molar-refractivity contribution is -0.125. The van der Waals surface area contributed by atoms with E-state index in [9.17, 15) is 14.4 Å². The Morgan fingerprint density at radius 1 is 1.30 bits per heavy atom. The molecule has 0 aromatic heterocycles. The molecule has 1 aromatic rings. The Morgan fingerprint density at radius 2 is 2.07 bits per heavy atom. The largest absolute Gasteiger partial charge is 0.353 e. The molecular weight excluding hydrogens is 411 g/mol. The standard InChI is InChI=1S/C17H20Cl2N4O3S/c1-2-5-20-14(24)7-11-8-15(25)23-17(22-11)27-9-16(26)21-10-3-4-12(18)13(19)6-10/h2-4,6,11,17,22H,1,5,7-9H2,(H,20,24)(H,21,26)(H,23,25). The number of carbonyl (C=O) groups is 3. The SMILES string of the molecule is C=CCNC(=O)CC1CC(=O)NC(SCC(=O)Nc2ccc(Cl)c(Cl)c2)N1. The van der Waals surface area contributed by atoms with Crippen LogP contribution in [0.2, 0.25) is 10.0 Å². The van der Waals surface area contributed by atoms with E-state index >= 15 is 0 Å². The van der Waals surface area contributed by atoms with Gasteiger partial charge < -0.3 is 16.0 Å². The zero-order chi connectivity index (χ0) is 19.8. The normalized spacial score (nSPS) is 19.1. The maximum atomic E-state index is 12.1. The molecule has 1 heterocycles. The topological polar surface area (TPSA) is 99.3 Å². The van der Waals surface area contributed by atoms with Crippen molar-refractivity contribution in [1.82, 2.24) is 16.0 Å². The van der Waals surface area contributed by atoms with Crippen LogP contribution in [0.3, 0.4) is 0 Å². The number of hydrogen-bond donors (Lipinski definition) is 4. The van der Waals surface area contributed by atoms with Gasteiger partial charge in [-0.15, -0.1) is 18.3 Å². The fourth-order valence-corrected chi connectivity index (χ4v) is 3.57. The summed E-state index contributed by atoms with van der Waals surface area (Å²) in [6, 6.07) is 4.51. The summed E-state index contributed by atoms with van der Waals surface area (Å²) in [6.07, 6.45) is 1.96. The minimum atomic E-state index is -0.456. The van der Waals surface area contributed by atoms with Crippen LogP contribution in [0.1, 0.15) is 12.8 Å². The van der Waals surface area contributed by atoms with E-state index < -0.39 is 5.50 Å². The molecule has 0 radical (unpaired) electrons. The van der Waals surface area contributed by atoms with Gasteiger partial charge in [0.25, 0.3) is 0 Å². The van der Waals surface area contributed by atoms with Crippen molar-refractivity contribution in [1.29, 1.82) is 0 Å². The second-order valence-electron chi connectivity index (χ2n) is 5.80. The molecule has 3 amide bonds. The average molecular weight is 431 g/mol. The van der Waals surface area contributed by atoms with Crippen LogP contribution in [0.4, 0.5) is 5.69 Å². The number of halogens is 2. The minimum Gasteiger partial charge on any atom is -0.353 e. The molecule has 0 bridgehead atoms. The first kappa shape index (κ1) is 21.6. The molecule has 1 aliphatic rings. The molecule has 146 valence electrons. The number of anilines is 1. The van der Waals surface area contributed by atoms with Gasteiger partial charge in [0.05, 0.1) is 15.8 Å². The van der Waals surface area contributed by atoms with E-state index in [1.807, 2.05) is 0 Å². The van der Waals surface area contributed by atoms with Crippen molar-refractivity contribution in [2.75, 3.05) is 17.6 Å². The summed E-state index contributed by atoms with van der Waals surface area (Å²) in [5.74, 6) is -0.478. The van der Waals surface area contributed by atoms with Gasteiger partial charge >= 0.3 is 0 Å². The summed E-state index contributed by atoms with van der Waals surface area (Å²) in [5, 5.41) is 12.0. The van der Waals surface area contributed by atoms with Gasteiger partial charge in [0.15, 0.2) is 0 Å². The number of rotatable bonds is 8. The molecule has 2 rings (SSSR count). The van der Waals surface area contributed by atoms with Gasteiger partial charge in [0, 0.05) is 31.1 Å². The molecule has 4 N–H and O–H groups in total. The Morgan fingerprint density at radius 3 is 2.78 bits per heavy atom. The molecular formula is C17H20Cl2N4O3S. The molecule has 27 heavy (non-hydrogen) atoms. The zero-order valence-electron chi connectivity index (χ0n) is 14.4. The summed E-state index contributed by atoms with van der Waals surface area (Å²) >= 11 is 13.0. The van der Waals surface area contributed by atoms with Crippen LogP contribution in [0.5, 0.6) is 0 Å². The van der Waals surface area contributed by atoms with Crippen LogP contribution in [0.25, 0.3) is 0 Å². The van der Waals surface area contributed by atoms with Gasteiger partial charge in [-0.3, -0.25) is 19.7 Å². The molecule has 2 atom stereocenters. The van der Waals surface area contributed by atoms with Crippen LogP contribution in [-0.2, 0) is 14.4 Å². The van der Waals surface area contributed by atoms with E-state index in [1.54, 1.807) is 24.3 Å². The van der Waals surface area contributed by atoms with Crippen LogP contribution >= 0.6 is 35.0 Å². The van der Waals surface area contributed by atoms with Gasteiger partial charge in [-0.2, -0.15) is 0 Å². The van der Waals surface area contributed by atoms with Crippen molar-refractivity contribution in [3.63, 3.8) is 0 Å². The Balaban J connectivity index is 1.80. The molecule has 2 unspecified atom stereocenters. The van der Waals surface area contributed by atoms with E-state index in [-0.39, 0.29) is 42.4 Å². The molecule has 0 saturated carbocycles. The summed E-state index contributed by atoms with van der Waals surface area (Å²) in [6.45, 7) is 3.91. The number of benzene rings is 1. The summed E-state index contributed by atoms with van der Waals surface area (Å²) in [4.78, 5) is 35.7. The van der Waals surface area contributed by atoms with Crippen LogP contribution in [0, 0.1) is 0 Å². The number of carbonyl (C=O) groups excluding carboxylic acids is 3. The summed E-state index contributed by atoms with van der Waals surface area (Å²) < 4.78 is 0. The van der Waals surface area contributed by atoms with Crippen molar-refractivity contribution in [2.45, 2.75) is 24.4 Å². The monoisotopic (exact) mass is 430 g/mol. The van der Waals surface area contributed by atoms with Gasteiger partial charge in [0.1, 0.15) is 5.50 Å². The third-order valence-electron chi connectivity index (χ3n) is 3.57. The molecule has 0 spiro atoms. The van der Waals surface area contributed by atoms with E-state index in [1.165, 1.54) is 11.8 Å².